The second kappa shape index (κ2) is 5.54. The van der Waals surface area contributed by atoms with Gasteiger partial charge in [-0.3, -0.25) is 0 Å². The molecule has 0 heterocycles. The Morgan fingerprint density at radius 2 is 1.89 bits per heavy atom. The highest BCUT2D eigenvalue weighted by Crippen LogP contribution is 2.60. The molecule has 2 fully saturated rings. The fourth-order valence-electron chi connectivity index (χ4n) is 4.14. The van der Waals surface area contributed by atoms with E-state index in [9.17, 15) is 0 Å². The van der Waals surface area contributed by atoms with E-state index in [1.54, 1.807) is 7.11 Å². The van der Waals surface area contributed by atoms with E-state index >= 15 is 0 Å². The van der Waals surface area contributed by atoms with E-state index < -0.39 is 0 Å². The Morgan fingerprint density at radius 3 is 2.53 bits per heavy atom. The van der Waals surface area contributed by atoms with Crippen molar-refractivity contribution < 1.29 is 4.74 Å². The van der Waals surface area contributed by atoms with Gasteiger partial charge in [0.15, 0.2) is 0 Å². The average molecular weight is 259 g/mol. The minimum absolute atomic E-state index is 0.481. The Morgan fingerprint density at radius 1 is 1.21 bits per heavy atom. The Balaban J connectivity index is 1.84. The van der Waals surface area contributed by atoms with Crippen LogP contribution < -0.4 is 10.1 Å². The quantitative estimate of drug-likeness (QED) is 0.869. The molecule has 0 spiro atoms. The summed E-state index contributed by atoms with van der Waals surface area (Å²) in [5.41, 5.74) is 1.35. The van der Waals surface area contributed by atoms with Crippen LogP contribution in [0.4, 0.5) is 0 Å². The summed E-state index contributed by atoms with van der Waals surface area (Å²) in [4.78, 5) is 0. The highest BCUT2D eigenvalue weighted by Gasteiger charge is 2.54. The Labute approximate surface area is 116 Å². The minimum atomic E-state index is 0.481. The molecular formula is C17H25NO. The van der Waals surface area contributed by atoms with Gasteiger partial charge in [0.05, 0.1) is 7.11 Å². The van der Waals surface area contributed by atoms with E-state index in [0.29, 0.717) is 6.04 Å². The molecule has 2 saturated carbocycles. The lowest BCUT2D eigenvalue weighted by molar-refractivity contribution is 0.385. The second-order valence-electron chi connectivity index (χ2n) is 5.97. The lowest BCUT2D eigenvalue weighted by atomic mass is 9.98. The molecule has 0 saturated heterocycles. The van der Waals surface area contributed by atoms with Gasteiger partial charge in [-0.2, -0.15) is 0 Å². The number of rotatable bonds is 5. The van der Waals surface area contributed by atoms with Gasteiger partial charge in [0.2, 0.25) is 0 Å². The van der Waals surface area contributed by atoms with Crippen molar-refractivity contribution in [1.82, 2.24) is 5.32 Å². The zero-order valence-corrected chi connectivity index (χ0v) is 12.1. The van der Waals surface area contributed by atoms with Gasteiger partial charge in [0.1, 0.15) is 5.75 Å². The number of methoxy groups -OCH3 is 1. The van der Waals surface area contributed by atoms with Gasteiger partial charge in [-0.15, -0.1) is 0 Å². The lowest BCUT2D eigenvalue weighted by Gasteiger charge is -2.21. The molecule has 1 N–H and O–H groups in total. The monoisotopic (exact) mass is 259 g/mol. The van der Waals surface area contributed by atoms with Crippen LogP contribution in [-0.4, -0.2) is 13.7 Å². The lowest BCUT2D eigenvalue weighted by Crippen LogP contribution is -2.24. The molecule has 104 valence electrons. The standard InChI is InChI=1S/C17H25NO/c1-3-18-17(14-10-6-7-11-15(14)19-2)16-12-8-4-5-9-13(12)16/h6-7,10-13,16-18H,3-5,8-9H2,1-2H3. The first-order chi connectivity index (χ1) is 9.36. The molecule has 0 bridgehead atoms. The van der Waals surface area contributed by atoms with E-state index in [1.807, 2.05) is 0 Å². The molecule has 3 rings (SSSR count). The summed E-state index contributed by atoms with van der Waals surface area (Å²) in [6, 6.07) is 9.00. The summed E-state index contributed by atoms with van der Waals surface area (Å²) in [6.07, 6.45) is 5.74. The van der Waals surface area contributed by atoms with Gasteiger partial charge in [-0.25, -0.2) is 0 Å². The Hall–Kier alpha value is -1.02. The summed E-state index contributed by atoms with van der Waals surface area (Å²) in [6.45, 7) is 3.23. The van der Waals surface area contributed by atoms with Crippen LogP contribution in [0, 0.1) is 17.8 Å². The van der Waals surface area contributed by atoms with Gasteiger partial charge in [-0.05, 0) is 43.2 Å². The molecule has 2 aliphatic rings. The molecule has 19 heavy (non-hydrogen) atoms. The van der Waals surface area contributed by atoms with Crippen LogP contribution in [0.25, 0.3) is 0 Å². The molecule has 2 nitrogen and oxygen atoms in total. The fraction of sp³-hybridized carbons (Fsp3) is 0.647. The van der Waals surface area contributed by atoms with Crippen molar-refractivity contribution in [3.8, 4) is 5.75 Å². The zero-order valence-electron chi connectivity index (χ0n) is 12.1. The van der Waals surface area contributed by atoms with Crippen LogP contribution in [0.3, 0.4) is 0 Å². The first-order valence-electron chi connectivity index (χ1n) is 7.73. The number of nitrogens with one attached hydrogen (secondary N) is 1. The van der Waals surface area contributed by atoms with Crippen molar-refractivity contribution in [3.05, 3.63) is 29.8 Å². The predicted molar refractivity (Wildman–Crippen MR) is 78.3 cm³/mol. The molecule has 3 unspecified atom stereocenters. The first-order valence-corrected chi connectivity index (χ1v) is 7.73. The fourth-order valence-corrected chi connectivity index (χ4v) is 4.14. The molecule has 0 aromatic heterocycles. The molecule has 2 heteroatoms. The van der Waals surface area contributed by atoms with Crippen LogP contribution in [-0.2, 0) is 0 Å². The van der Waals surface area contributed by atoms with Gasteiger partial charge in [0.25, 0.3) is 0 Å². The second-order valence-corrected chi connectivity index (χ2v) is 5.97. The number of fused-ring (bicyclic) bond motifs is 1. The summed E-state index contributed by atoms with van der Waals surface area (Å²) in [7, 11) is 1.78. The predicted octanol–water partition coefficient (Wildman–Crippen LogP) is 3.78. The largest absolute Gasteiger partial charge is 0.496 e. The van der Waals surface area contributed by atoms with E-state index in [1.165, 1.54) is 31.2 Å². The number of para-hydroxylation sites is 1. The van der Waals surface area contributed by atoms with Crippen LogP contribution in [0.5, 0.6) is 5.75 Å². The maximum Gasteiger partial charge on any atom is 0.123 e. The maximum absolute atomic E-state index is 5.56. The number of hydrogen-bond acceptors (Lipinski definition) is 2. The minimum Gasteiger partial charge on any atom is -0.496 e. The Kier molecular flexibility index (Phi) is 3.79. The smallest absolute Gasteiger partial charge is 0.123 e. The third-order valence-electron chi connectivity index (χ3n) is 5.01. The summed E-state index contributed by atoms with van der Waals surface area (Å²) >= 11 is 0. The Bertz CT molecular complexity index is 419. The summed E-state index contributed by atoms with van der Waals surface area (Å²) < 4.78 is 5.56. The summed E-state index contributed by atoms with van der Waals surface area (Å²) in [5.74, 6) is 3.79. The SMILES string of the molecule is CCNC(c1ccccc1OC)C1C2CCCCC21. The first kappa shape index (κ1) is 13.0. The van der Waals surface area contributed by atoms with Crippen molar-refractivity contribution in [2.75, 3.05) is 13.7 Å². The molecule has 1 aromatic rings. The van der Waals surface area contributed by atoms with E-state index in [2.05, 4.69) is 36.5 Å². The van der Waals surface area contributed by atoms with Crippen molar-refractivity contribution in [1.29, 1.82) is 0 Å². The maximum atomic E-state index is 5.56. The van der Waals surface area contributed by atoms with Crippen LogP contribution in [0.15, 0.2) is 24.3 Å². The van der Waals surface area contributed by atoms with E-state index in [4.69, 9.17) is 4.74 Å². The number of benzene rings is 1. The van der Waals surface area contributed by atoms with Crippen molar-refractivity contribution >= 4 is 0 Å². The molecule has 1 aromatic carbocycles. The highest BCUT2D eigenvalue weighted by molar-refractivity contribution is 5.37. The third kappa shape index (κ3) is 2.38. The topological polar surface area (TPSA) is 21.3 Å². The van der Waals surface area contributed by atoms with Crippen molar-refractivity contribution in [2.24, 2.45) is 17.8 Å². The van der Waals surface area contributed by atoms with Gasteiger partial charge in [0, 0.05) is 11.6 Å². The van der Waals surface area contributed by atoms with E-state index in [0.717, 1.165) is 30.0 Å². The van der Waals surface area contributed by atoms with Crippen molar-refractivity contribution in [3.63, 3.8) is 0 Å². The molecule has 2 aliphatic carbocycles. The summed E-state index contributed by atoms with van der Waals surface area (Å²) in [5, 5.41) is 3.71. The normalized spacial score (nSPS) is 30.5. The highest BCUT2D eigenvalue weighted by atomic mass is 16.5. The molecular weight excluding hydrogens is 234 g/mol. The van der Waals surface area contributed by atoms with Crippen LogP contribution in [0.1, 0.15) is 44.2 Å². The van der Waals surface area contributed by atoms with Crippen molar-refractivity contribution in [2.45, 2.75) is 38.6 Å². The number of ether oxygens (including phenoxy) is 1. The zero-order chi connectivity index (χ0) is 13.2. The van der Waals surface area contributed by atoms with Crippen LogP contribution in [0.2, 0.25) is 0 Å². The van der Waals surface area contributed by atoms with Gasteiger partial charge >= 0.3 is 0 Å². The molecule has 3 atom stereocenters. The molecule has 0 amide bonds. The van der Waals surface area contributed by atoms with Gasteiger partial charge < -0.3 is 10.1 Å². The average Bonchev–Trinajstić information content (AvgIpc) is 3.19. The molecule has 0 radical (unpaired) electrons. The third-order valence-corrected chi connectivity index (χ3v) is 5.01. The number of hydrogen-bond donors (Lipinski definition) is 1. The van der Waals surface area contributed by atoms with E-state index in [-0.39, 0.29) is 0 Å². The van der Waals surface area contributed by atoms with Gasteiger partial charge in [-0.1, -0.05) is 38.0 Å². The molecule has 0 aliphatic heterocycles. The van der Waals surface area contributed by atoms with Crippen LogP contribution >= 0.6 is 0 Å².